The van der Waals surface area contributed by atoms with E-state index in [0.717, 1.165) is 13.0 Å². The minimum Gasteiger partial charge on any atom is -0.249 e. The van der Waals surface area contributed by atoms with E-state index >= 15 is 35.1 Å². The van der Waals surface area contributed by atoms with Gasteiger partial charge in [-0.2, -0.15) is 4.57 Å². The molecule has 0 aliphatic heterocycles. The normalized spacial score (nSPS) is 11.6. The lowest BCUT2D eigenvalue weighted by Crippen LogP contribution is -2.81. The van der Waals surface area contributed by atoms with Crippen molar-refractivity contribution in [2.45, 2.75) is 45.6 Å². The molecule has 64 heavy (non-hydrogen) atoms. The molecule has 6 rings (SSSR count). The number of nitrogens with zero attached hydrogens (tertiary/aromatic N) is 2. The van der Waals surface area contributed by atoms with Crippen LogP contribution in [-0.2, 0) is 13.0 Å². The third kappa shape index (κ3) is 8.35. The lowest BCUT2D eigenvalue weighted by Gasteiger charge is -2.44. The molecule has 0 fully saturated rings. The molecule has 0 atom stereocenters. The summed E-state index contributed by atoms with van der Waals surface area (Å²) in [6, 6.07) is 10.5. The minimum atomic E-state index is -7.22. The lowest BCUT2D eigenvalue weighted by atomic mass is 9.12. The van der Waals surface area contributed by atoms with Gasteiger partial charge in [-0.05, 0) is 12.8 Å². The summed E-state index contributed by atoms with van der Waals surface area (Å²) in [4.78, 5) is 4.46. The van der Waals surface area contributed by atoms with Crippen LogP contribution in [0.2, 0.25) is 0 Å². The van der Waals surface area contributed by atoms with Crippen molar-refractivity contribution in [3.05, 3.63) is 177 Å². The van der Waals surface area contributed by atoms with Crippen molar-refractivity contribution in [3.8, 4) is 0 Å². The van der Waals surface area contributed by atoms with Gasteiger partial charge in [0.1, 0.15) is 58.4 Å². The van der Waals surface area contributed by atoms with Gasteiger partial charge in [0.25, 0.3) is 0 Å². The van der Waals surface area contributed by atoms with Crippen LogP contribution in [0.25, 0.3) is 0 Å². The third-order valence-electron chi connectivity index (χ3n) is 10.0. The zero-order chi connectivity index (χ0) is 47.7. The van der Waals surface area contributed by atoms with Crippen LogP contribution in [0.3, 0.4) is 0 Å². The zero-order valence-electron chi connectivity index (χ0n) is 31.9. The predicted molar refractivity (Wildman–Crippen MR) is 187 cm³/mol. The first-order valence-electron chi connectivity index (χ1n) is 18.2. The highest BCUT2D eigenvalue weighted by Gasteiger charge is 2.52. The molecular formula is C41H23BF20N2. The summed E-state index contributed by atoms with van der Waals surface area (Å²) in [5, 5.41) is 0. The van der Waals surface area contributed by atoms with E-state index in [-0.39, 0.29) is 0 Å². The Kier molecular flexibility index (Phi) is 14.7. The van der Waals surface area contributed by atoms with Gasteiger partial charge in [-0.1, -0.05) is 56.5 Å². The van der Waals surface area contributed by atoms with Crippen LogP contribution in [0.1, 0.15) is 43.9 Å². The number of aryl methyl sites for hydroxylation is 1. The second-order valence-electron chi connectivity index (χ2n) is 13.8. The van der Waals surface area contributed by atoms with Crippen molar-refractivity contribution in [2.75, 3.05) is 0 Å². The molecule has 0 bridgehead atoms. The third-order valence-corrected chi connectivity index (χ3v) is 10.0. The average molecular weight is 934 g/mol. The molecule has 1 heterocycles. The molecule has 0 aliphatic carbocycles. The van der Waals surface area contributed by atoms with Crippen LogP contribution >= 0.6 is 0 Å². The Morgan fingerprint density at radius 1 is 0.406 bits per heavy atom. The van der Waals surface area contributed by atoms with Gasteiger partial charge in [-0.25, -0.2) is 92.8 Å². The quantitative estimate of drug-likeness (QED) is 0.0316. The van der Waals surface area contributed by atoms with E-state index in [1.165, 1.54) is 36.9 Å². The molecule has 0 unspecified atom stereocenters. The number of aromatic nitrogens is 2. The molecule has 1 aromatic heterocycles. The molecule has 0 saturated heterocycles. The highest BCUT2D eigenvalue weighted by molar-refractivity contribution is 7.20. The Morgan fingerprint density at radius 3 is 1.03 bits per heavy atom. The Hall–Kier alpha value is -6.16. The topological polar surface area (TPSA) is 16.8 Å². The largest absolute Gasteiger partial charge is 0.249 e. The van der Waals surface area contributed by atoms with Gasteiger partial charge in [0.05, 0.1) is 6.20 Å². The maximum Gasteiger partial charge on any atom is 0.200 e. The lowest BCUT2D eigenvalue weighted by molar-refractivity contribution is -0.689. The van der Waals surface area contributed by atoms with Crippen LogP contribution in [0, 0.1) is 116 Å². The van der Waals surface area contributed by atoms with Gasteiger partial charge >= 0.3 is 0 Å². The second kappa shape index (κ2) is 19.3. The fourth-order valence-electron chi connectivity index (χ4n) is 7.11. The first kappa shape index (κ1) is 48.9. The van der Waals surface area contributed by atoms with Crippen LogP contribution < -0.4 is 26.4 Å². The molecule has 0 radical (unpaired) electrons. The Bertz CT molecular complexity index is 2370. The van der Waals surface area contributed by atoms with Gasteiger partial charge in [0.2, 0.25) is 0 Å². The van der Waals surface area contributed by atoms with Gasteiger partial charge in [-0.15, -0.1) is 21.9 Å². The number of hydrogen-bond acceptors (Lipinski definition) is 1. The van der Waals surface area contributed by atoms with Crippen molar-refractivity contribution in [3.63, 3.8) is 0 Å². The first-order chi connectivity index (χ1) is 30.1. The summed E-state index contributed by atoms with van der Waals surface area (Å²) >= 11 is 0. The van der Waals surface area contributed by atoms with Crippen molar-refractivity contribution in [2.24, 2.45) is 0 Å². The Morgan fingerprint density at radius 2 is 0.719 bits per heavy atom. The summed E-state index contributed by atoms with van der Waals surface area (Å²) in [7, 11) is 0. The monoisotopic (exact) mass is 934 g/mol. The fourth-order valence-corrected chi connectivity index (χ4v) is 7.11. The summed E-state index contributed by atoms with van der Waals surface area (Å²) in [5.74, 6) is -71.4. The highest BCUT2D eigenvalue weighted by Crippen LogP contribution is 2.30. The van der Waals surface area contributed by atoms with Gasteiger partial charge in [0, 0.05) is 5.56 Å². The molecule has 23 heteroatoms. The number of unbranched alkanes of at least 4 members (excludes halogenated alkanes) is 3. The molecular weight excluding hydrogens is 911 g/mol. The van der Waals surface area contributed by atoms with E-state index in [4.69, 9.17) is 0 Å². The minimum absolute atomic E-state index is 0.922. The standard InChI is InChI=1S/C24BF20.C17H23N2/c26-5-1(6(27)14(35)21(42)13(5)34)25(2-7(28)15(36)22(43)16(37)8(2)29,3-9(30)17(38)23(44)18(39)10(3)31)4-11(32)19(40)24(45)20(41)12(4)33;1-2-3-4-8-11-17-15-19(13-12-18-17)14-16-9-6-5-7-10-16/h;5-7,9-10,12-13,15H,2-4,8,11,14H2,1H3/q-1;+1. The average Bonchev–Trinajstić information content (AvgIpc) is 3.28. The summed E-state index contributed by atoms with van der Waals surface area (Å²) in [6.07, 6.45) is 5.19. The molecule has 0 spiro atoms. The molecule has 0 amide bonds. The number of benzene rings is 5. The van der Waals surface area contributed by atoms with Crippen molar-refractivity contribution >= 4 is 28.0 Å². The number of halogens is 20. The van der Waals surface area contributed by atoms with Crippen molar-refractivity contribution in [1.82, 2.24) is 4.98 Å². The van der Waals surface area contributed by atoms with Crippen LogP contribution in [0.4, 0.5) is 87.8 Å². The number of rotatable bonds is 11. The maximum absolute atomic E-state index is 15.4. The molecule has 0 saturated carbocycles. The fraction of sp³-hybridized carbons (Fsp3) is 0.171. The van der Waals surface area contributed by atoms with Gasteiger partial charge < -0.3 is 0 Å². The SMILES string of the molecule is CCCCCCc1c[n+](Cc2ccccc2)ccn1.Fc1c(F)c(F)c([B-](c2c(F)c(F)c(F)c(F)c2F)(c2c(F)c(F)c(F)c(F)c2F)c2c(F)c(F)c(F)c(F)c2F)c(F)c1F. The zero-order valence-corrected chi connectivity index (χ0v) is 31.9. The van der Waals surface area contributed by atoms with Gasteiger partial charge in [0.15, 0.2) is 88.7 Å². The van der Waals surface area contributed by atoms with Crippen LogP contribution in [0.15, 0.2) is 48.9 Å². The van der Waals surface area contributed by atoms with E-state index in [1.54, 1.807) is 0 Å². The molecule has 0 aliphatic rings. The Balaban J connectivity index is 0.000000337. The molecule has 2 nitrogen and oxygen atoms in total. The van der Waals surface area contributed by atoms with E-state index in [2.05, 4.69) is 53.0 Å². The maximum atomic E-state index is 15.4. The van der Waals surface area contributed by atoms with Crippen LogP contribution in [0.5, 0.6) is 0 Å². The van der Waals surface area contributed by atoms with Crippen LogP contribution in [-0.4, -0.2) is 11.1 Å². The molecule has 5 aromatic carbocycles. The summed E-state index contributed by atoms with van der Waals surface area (Å²) in [6.45, 7) is 3.17. The van der Waals surface area contributed by atoms with Gasteiger partial charge in [-0.3, -0.25) is 0 Å². The van der Waals surface area contributed by atoms with E-state index in [1.807, 2.05) is 12.4 Å². The molecule has 0 N–H and O–H groups in total. The second-order valence-corrected chi connectivity index (χ2v) is 13.8. The summed E-state index contributed by atoms with van der Waals surface area (Å²) in [5.41, 5.74) is -11.8. The molecule has 340 valence electrons. The molecule has 6 aromatic rings. The van der Waals surface area contributed by atoms with E-state index < -0.39 is 144 Å². The highest BCUT2D eigenvalue weighted by atomic mass is 19.2. The van der Waals surface area contributed by atoms with Crippen molar-refractivity contribution in [1.29, 1.82) is 0 Å². The predicted octanol–water partition coefficient (Wildman–Crippen LogP) is 9.39. The smallest absolute Gasteiger partial charge is 0.200 e. The Labute approximate surface area is 347 Å². The van der Waals surface area contributed by atoms with E-state index in [0.29, 0.717) is 0 Å². The summed E-state index contributed by atoms with van der Waals surface area (Å²) < 4.78 is 296. The van der Waals surface area contributed by atoms with E-state index in [9.17, 15) is 52.7 Å². The number of hydrogen-bond donors (Lipinski definition) is 0. The first-order valence-corrected chi connectivity index (χ1v) is 18.2. The van der Waals surface area contributed by atoms with Crippen molar-refractivity contribution < 1.29 is 92.4 Å².